The van der Waals surface area contributed by atoms with E-state index in [1.165, 1.54) is 11.5 Å². The summed E-state index contributed by atoms with van der Waals surface area (Å²) in [5, 5.41) is 3.54. The number of anilines is 1. The van der Waals surface area contributed by atoms with Crippen LogP contribution in [0.3, 0.4) is 0 Å². The van der Waals surface area contributed by atoms with E-state index in [0.717, 1.165) is 10.7 Å². The van der Waals surface area contributed by atoms with Crippen LogP contribution >= 0.6 is 22.9 Å². The molecule has 2 aromatic rings. The van der Waals surface area contributed by atoms with Crippen LogP contribution in [0.15, 0.2) is 5.38 Å². The van der Waals surface area contributed by atoms with Crippen LogP contribution in [0.2, 0.25) is 0 Å². The Kier molecular flexibility index (Phi) is 2.47. The largest absolute Gasteiger partial charge is 0.374 e. The van der Waals surface area contributed by atoms with Crippen molar-refractivity contribution in [1.82, 2.24) is 14.3 Å². The fourth-order valence-corrected chi connectivity index (χ4v) is 2.39. The zero-order chi connectivity index (χ0) is 11.1. The summed E-state index contributed by atoms with van der Waals surface area (Å²) >= 11 is 2.83. The predicted octanol–water partition coefficient (Wildman–Crippen LogP) is 2.54. The lowest BCUT2D eigenvalue weighted by Gasteiger charge is -2.13. The fourth-order valence-electron chi connectivity index (χ4n) is 1.06. The summed E-state index contributed by atoms with van der Waals surface area (Å²) in [4.78, 5) is 8.62. The van der Waals surface area contributed by atoms with E-state index in [9.17, 15) is 0 Å². The molecule has 0 aliphatic carbocycles. The summed E-state index contributed by atoms with van der Waals surface area (Å²) in [5.41, 5.74) is 6.42. The average Bonchev–Trinajstić information content (AvgIpc) is 2.69. The van der Waals surface area contributed by atoms with Crippen LogP contribution in [-0.2, 0) is 5.41 Å². The number of hydrogen-bond donors (Lipinski definition) is 1. The van der Waals surface area contributed by atoms with Crippen molar-refractivity contribution >= 4 is 28.0 Å². The Bertz CT molecular complexity index is 466. The molecule has 2 rings (SSSR count). The van der Waals surface area contributed by atoms with Crippen molar-refractivity contribution in [1.29, 1.82) is 0 Å². The molecule has 0 aliphatic rings. The number of thiazole rings is 1. The molecule has 0 saturated carbocycles. The maximum atomic E-state index is 5.53. The molecule has 2 heterocycles. The second kappa shape index (κ2) is 3.53. The van der Waals surface area contributed by atoms with Gasteiger partial charge in [-0.05, 0) is 0 Å². The van der Waals surface area contributed by atoms with Gasteiger partial charge < -0.3 is 5.73 Å². The normalized spacial score (nSPS) is 11.9. The van der Waals surface area contributed by atoms with Crippen LogP contribution in [-0.4, -0.2) is 14.3 Å². The third kappa shape index (κ3) is 2.15. The second-order valence-electron chi connectivity index (χ2n) is 4.24. The van der Waals surface area contributed by atoms with Crippen molar-refractivity contribution in [3.8, 4) is 11.5 Å². The van der Waals surface area contributed by atoms with Gasteiger partial charge in [0, 0.05) is 22.3 Å². The van der Waals surface area contributed by atoms with Crippen molar-refractivity contribution in [2.75, 3.05) is 5.73 Å². The first-order valence-electron chi connectivity index (χ1n) is 4.52. The van der Waals surface area contributed by atoms with E-state index in [-0.39, 0.29) is 5.41 Å². The minimum Gasteiger partial charge on any atom is -0.374 e. The smallest absolute Gasteiger partial charge is 0.200 e. The lowest BCUT2D eigenvalue weighted by atomic mass is 9.98. The molecule has 0 aliphatic heterocycles. The van der Waals surface area contributed by atoms with Gasteiger partial charge in [0.1, 0.15) is 5.69 Å². The summed E-state index contributed by atoms with van der Waals surface area (Å²) in [6.45, 7) is 6.41. The molecule has 0 radical (unpaired) electrons. The highest BCUT2D eigenvalue weighted by Crippen LogP contribution is 2.29. The van der Waals surface area contributed by atoms with Gasteiger partial charge >= 0.3 is 0 Å². The first-order chi connectivity index (χ1) is 6.97. The number of aromatic nitrogens is 3. The Morgan fingerprint density at radius 2 is 2.00 bits per heavy atom. The molecule has 2 aromatic heterocycles. The van der Waals surface area contributed by atoms with Crippen LogP contribution in [0, 0.1) is 0 Å². The summed E-state index contributed by atoms with van der Waals surface area (Å²) in [5.74, 6) is 0.629. The van der Waals surface area contributed by atoms with Crippen LogP contribution in [0.1, 0.15) is 25.8 Å². The molecule has 2 N–H and O–H groups in total. The molecule has 0 amide bonds. The van der Waals surface area contributed by atoms with Gasteiger partial charge in [-0.2, -0.15) is 9.36 Å². The molecule has 6 heteroatoms. The number of nitrogen functional groups attached to an aromatic ring is 1. The van der Waals surface area contributed by atoms with E-state index >= 15 is 0 Å². The molecule has 0 bridgehead atoms. The summed E-state index contributed by atoms with van der Waals surface area (Å²) in [7, 11) is 0. The Hall–Kier alpha value is -1.01. The molecule has 15 heavy (non-hydrogen) atoms. The molecule has 0 unspecified atom stereocenters. The standard InChI is InChI=1S/C9H12N4S2/c1-9(2,3)7-11-5(4-14-7)6-12-8(10)15-13-6/h4H,1-3H3,(H2,10,12,13). The zero-order valence-corrected chi connectivity index (χ0v) is 10.4. The average molecular weight is 240 g/mol. The Morgan fingerprint density at radius 1 is 1.27 bits per heavy atom. The number of hydrogen-bond acceptors (Lipinski definition) is 6. The maximum Gasteiger partial charge on any atom is 0.200 e. The third-order valence-corrected chi connectivity index (χ3v) is 3.63. The van der Waals surface area contributed by atoms with Crippen molar-refractivity contribution in [2.24, 2.45) is 0 Å². The van der Waals surface area contributed by atoms with Crippen molar-refractivity contribution in [2.45, 2.75) is 26.2 Å². The highest BCUT2D eigenvalue weighted by atomic mass is 32.1. The van der Waals surface area contributed by atoms with Crippen molar-refractivity contribution in [3.63, 3.8) is 0 Å². The number of rotatable bonds is 1. The highest BCUT2D eigenvalue weighted by molar-refractivity contribution is 7.10. The van der Waals surface area contributed by atoms with E-state index < -0.39 is 0 Å². The van der Waals surface area contributed by atoms with Gasteiger partial charge in [-0.1, -0.05) is 20.8 Å². The molecule has 0 aromatic carbocycles. The number of nitrogens with two attached hydrogens (primary N) is 1. The van der Waals surface area contributed by atoms with E-state index in [2.05, 4.69) is 35.1 Å². The molecule has 0 fully saturated rings. The van der Waals surface area contributed by atoms with Gasteiger partial charge in [0.2, 0.25) is 0 Å². The molecule has 0 atom stereocenters. The summed E-state index contributed by atoms with van der Waals surface area (Å²) in [6.07, 6.45) is 0. The highest BCUT2D eigenvalue weighted by Gasteiger charge is 2.19. The minimum atomic E-state index is 0.0739. The SMILES string of the molecule is CC(C)(C)c1nc(-c2nsc(N)n2)cs1. The van der Waals surface area contributed by atoms with Crippen LogP contribution in [0.5, 0.6) is 0 Å². The Labute approximate surface area is 96.4 Å². The van der Waals surface area contributed by atoms with Crippen LogP contribution < -0.4 is 5.73 Å². The van der Waals surface area contributed by atoms with Gasteiger partial charge in [-0.3, -0.25) is 0 Å². The molecular weight excluding hydrogens is 228 g/mol. The fraction of sp³-hybridized carbons (Fsp3) is 0.444. The third-order valence-electron chi connectivity index (χ3n) is 1.82. The summed E-state index contributed by atoms with van der Waals surface area (Å²) in [6, 6.07) is 0. The molecular formula is C9H12N4S2. The van der Waals surface area contributed by atoms with Crippen LogP contribution in [0.25, 0.3) is 11.5 Å². The van der Waals surface area contributed by atoms with Gasteiger partial charge in [0.15, 0.2) is 11.0 Å². The quantitative estimate of drug-likeness (QED) is 0.832. The second-order valence-corrected chi connectivity index (χ2v) is 5.89. The van der Waals surface area contributed by atoms with Gasteiger partial charge in [0.05, 0.1) is 5.01 Å². The predicted molar refractivity (Wildman–Crippen MR) is 64.1 cm³/mol. The Balaban J connectivity index is 2.36. The zero-order valence-electron chi connectivity index (χ0n) is 8.81. The van der Waals surface area contributed by atoms with E-state index in [1.54, 1.807) is 11.3 Å². The van der Waals surface area contributed by atoms with E-state index in [4.69, 9.17) is 5.73 Å². The molecule has 0 saturated heterocycles. The van der Waals surface area contributed by atoms with Gasteiger partial charge in [-0.15, -0.1) is 11.3 Å². The minimum absolute atomic E-state index is 0.0739. The maximum absolute atomic E-state index is 5.53. The van der Waals surface area contributed by atoms with Crippen molar-refractivity contribution in [3.05, 3.63) is 10.4 Å². The summed E-state index contributed by atoms with van der Waals surface area (Å²) < 4.78 is 4.13. The first kappa shape index (κ1) is 10.5. The first-order valence-corrected chi connectivity index (χ1v) is 6.17. The van der Waals surface area contributed by atoms with E-state index in [1.807, 2.05) is 5.38 Å². The lowest BCUT2D eigenvalue weighted by molar-refractivity contribution is 0.586. The topological polar surface area (TPSA) is 64.7 Å². The molecule has 80 valence electrons. The van der Waals surface area contributed by atoms with Crippen molar-refractivity contribution < 1.29 is 0 Å². The number of nitrogens with zero attached hydrogens (tertiary/aromatic N) is 3. The molecule has 0 spiro atoms. The van der Waals surface area contributed by atoms with Crippen LogP contribution in [0.4, 0.5) is 5.13 Å². The Morgan fingerprint density at radius 3 is 2.47 bits per heavy atom. The molecule has 4 nitrogen and oxygen atoms in total. The monoisotopic (exact) mass is 240 g/mol. The lowest BCUT2D eigenvalue weighted by Crippen LogP contribution is -2.10. The van der Waals surface area contributed by atoms with Gasteiger partial charge in [-0.25, -0.2) is 4.98 Å². The van der Waals surface area contributed by atoms with E-state index in [0.29, 0.717) is 11.0 Å². The van der Waals surface area contributed by atoms with Gasteiger partial charge in [0.25, 0.3) is 0 Å².